The summed E-state index contributed by atoms with van der Waals surface area (Å²) >= 11 is 0. The lowest BCUT2D eigenvalue weighted by Gasteiger charge is -2.29. The van der Waals surface area contributed by atoms with E-state index in [9.17, 15) is 18.0 Å². The Kier molecular flexibility index (Phi) is 6.88. The Labute approximate surface area is 195 Å². The maximum Gasteiger partial charge on any atom is 0.261 e. The van der Waals surface area contributed by atoms with Crippen molar-refractivity contribution < 1.29 is 18.0 Å². The summed E-state index contributed by atoms with van der Waals surface area (Å²) in [5.74, 6) is -0.273. The highest BCUT2D eigenvalue weighted by Crippen LogP contribution is 2.30. The number of carbonyl (C=O) groups is 2. The standard InChI is InChI=1S/C24H30N4O4S/c1-18(29)25-19-7-10-21(11-8-19)33(31,32)26-20-9-12-23(27-13-5-6-14-27)22(17-20)24(30)28-15-3-2-4-16-28/h7-12,17,26H,2-6,13-16H2,1H3,(H,25,29). The summed E-state index contributed by atoms with van der Waals surface area (Å²) in [5.41, 5.74) is 2.28. The smallest absolute Gasteiger partial charge is 0.261 e. The Morgan fingerprint density at radius 3 is 2.06 bits per heavy atom. The van der Waals surface area contributed by atoms with Crippen molar-refractivity contribution in [3.8, 4) is 0 Å². The van der Waals surface area contributed by atoms with Gasteiger partial charge in [0.15, 0.2) is 0 Å². The Morgan fingerprint density at radius 2 is 1.42 bits per heavy atom. The SMILES string of the molecule is CC(=O)Nc1ccc(S(=O)(=O)Nc2ccc(N3CCCC3)c(C(=O)N3CCCCC3)c2)cc1. The molecule has 0 unspecified atom stereocenters. The van der Waals surface area contributed by atoms with Gasteiger partial charge in [-0.3, -0.25) is 14.3 Å². The van der Waals surface area contributed by atoms with Crippen molar-refractivity contribution in [1.29, 1.82) is 0 Å². The molecule has 0 aromatic heterocycles. The van der Waals surface area contributed by atoms with Crippen LogP contribution in [0, 0.1) is 0 Å². The zero-order chi connectivity index (χ0) is 23.4. The van der Waals surface area contributed by atoms with Crippen molar-refractivity contribution in [2.45, 2.75) is 43.9 Å². The number of rotatable bonds is 6. The third-order valence-corrected chi connectivity index (χ3v) is 7.45. The molecule has 8 nitrogen and oxygen atoms in total. The lowest BCUT2D eigenvalue weighted by molar-refractivity contribution is -0.114. The number of piperidine rings is 1. The van der Waals surface area contributed by atoms with Crippen LogP contribution in [0.1, 0.15) is 49.4 Å². The Morgan fingerprint density at radius 1 is 0.818 bits per heavy atom. The van der Waals surface area contributed by atoms with Gasteiger partial charge in [-0.15, -0.1) is 0 Å². The van der Waals surface area contributed by atoms with Crippen molar-refractivity contribution in [2.75, 3.05) is 41.1 Å². The summed E-state index contributed by atoms with van der Waals surface area (Å²) in [6.45, 7) is 4.64. The van der Waals surface area contributed by atoms with Gasteiger partial charge < -0.3 is 15.1 Å². The van der Waals surface area contributed by atoms with E-state index in [2.05, 4.69) is 14.9 Å². The van der Waals surface area contributed by atoms with Gasteiger partial charge in [-0.1, -0.05) is 0 Å². The topological polar surface area (TPSA) is 98.8 Å². The summed E-state index contributed by atoms with van der Waals surface area (Å²) in [6, 6.07) is 11.2. The fraction of sp³-hybridized carbons (Fsp3) is 0.417. The monoisotopic (exact) mass is 470 g/mol. The van der Waals surface area contributed by atoms with Crippen LogP contribution in [0.25, 0.3) is 0 Å². The van der Waals surface area contributed by atoms with Crippen LogP contribution in [0.15, 0.2) is 47.4 Å². The number of hydrogen-bond acceptors (Lipinski definition) is 5. The minimum absolute atomic E-state index is 0.0442. The van der Waals surface area contributed by atoms with Gasteiger partial charge >= 0.3 is 0 Å². The Balaban J connectivity index is 1.60. The van der Waals surface area contributed by atoms with Gasteiger partial charge in [0, 0.05) is 50.2 Å². The molecule has 2 aromatic rings. The first-order valence-electron chi connectivity index (χ1n) is 11.4. The molecule has 0 radical (unpaired) electrons. The molecule has 4 rings (SSSR count). The van der Waals surface area contributed by atoms with E-state index in [1.165, 1.54) is 31.2 Å². The average molecular weight is 471 g/mol. The van der Waals surface area contributed by atoms with E-state index in [1.807, 2.05) is 11.0 Å². The largest absolute Gasteiger partial charge is 0.371 e. The van der Waals surface area contributed by atoms with Gasteiger partial charge in [0.25, 0.3) is 15.9 Å². The van der Waals surface area contributed by atoms with Crippen molar-refractivity contribution in [2.24, 2.45) is 0 Å². The maximum absolute atomic E-state index is 13.4. The van der Waals surface area contributed by atoms with Crippen molar-refractivity contribution in [3.05, 3.63) is 48.0 Å². The molecule has 176 valence electrons. The van der Waals surface area contributed by atoms with Crippen LogP contribution in [-0.2, 0) is 14.8 Å². The van der Waals surface area contributed by atoms with E-state index in [0.717, 1.165) is 64.0 Å². The highest BCUT2D eigenvalue weighted by atomic mass is 32.2. The van der Waals surface area contributed by atoms with Crippen molar-refractivity contribution in [1.82, 2.24) is 4.90 Å². The average Bonchev–Trinajstić information content (AvgIpc) is 3.34. The molecule has 0 spiro atoms. The number of nitrogens with one attached hydrogen (secondary N) is 2. The van der Waals surface area contributed by atoms with Gasteiger partial charge in [0.05, 0.1) is 10.5 Å². The number of nitrogens with zero attached hydrogens (tertiary/aromatic N) is 2. The highest BCUT2D eigenvalue weighted by molar-refractivity contribution is 7.92. The lowest BCUT2D eigenvalue weighted by Crippen LogP contribution is -2.36. The first kappa shape index (κ1) is 23.1. The molecule has 0 saturated carbocycles. The van der Waals surface area contributed by atoms with Gasteiger partial charge in [-0.2, -0.15) is 0 Å². The fourth-order valence-corrected chi connectivity index (χ4v) is 5.46. The quantitative estimate of drug-likeness (QED) is 0.671. The molecule has 0 aliphatic carbocycles. The molecule has 33 heavy (non-hydrogen) atoms. The van der Waals surface area contributed by atoms with Gasteiger partial charge in [-0.25, -0.2) is 8.42 Å². The molecule has 0 bridgehead atoms. The lowest BCUT2D eigenvalue weighted by atomic mass is 10.1. The van der Waals surface area contributed by atoms with Gasteiger partial charge in [-0.05, 0) is 74.6 Å². The Bertz CT molecular complexity index is 1120. The molecular formula is C24H30N4O4S. The zero-order valence-electron chi connectivity index (χ0n) is 18.8. The van der Waals surface area contributed by atoms with Crippen LogP contribution < -0.4 is 14.9 Å². The predicted molar refractivity (Wildman–Crippen MR) is 129 cm³/mol. The van der Waals surface area contributed by atoms with E-state index in [0.29, 0.717) is 16.9 Å². The highest BCUT2D eigenvalue weighted by Gasteiger charge is 2.25. The second-order valence-corrected chi connectivity index (χ2v) is 10.3. The third kappa shape index (κ3) is 5.47. The molecule has 2 saturated heterocycles. The normalized spacial score (nSPS) is 16.5. The fourth-order valence-electron chi connectivity index (χ4n) is 4.41. The molecule has 9 heteroatoms. The molecule has 2 aliphatic rings. The van der Waals surface area contributed by atoms with E-state index in [-0.39, 0.29) is 16.7 Å². The Hall–Kier alpha value is -3.07. The summed E-state index contributed by atoms with van der Waals surface area (Å²) in [5, 5.41) is 2.62. The third-order valence-electron chi connectivity index (χ3n) is 6.05. The number of likely N-dealkylation sites (tertiary alicyclic amines) is 1. The molecule has 2 N–H and O–H groups in total. The summed E-state index contributed by atoms with van der Waals surface area (Å²) in [6.07, 6.45) is 5.28. The van der Waals surface area contributed by atoms with E-state index in [4.69, 9.17) is 0 Å². The first-order valence-corrected chi connectivity index (χ1v) is 12.9. The van der Waals surface area contributed by atoms with Crippen LogP contribution >= 0.6 is 0 Å². The van der Waals surface area contributed by atoms with Crippen LogP contribution in [0.4, 0.5) is 17.1 Å². The number of carbonyl (C=O) groups excluding carboxylic acids is 2. The molecule has 2 aliphatic heterocycles. The number of sulfonamides is 1. The van der Waals surface area contributed by atoms with Crippen LogP contribution in [0.3, 0.4) is 0 Å². The number of benzene rings is 2. The molecule has 0 atom stereocenters. The molecule has 2 heterocycles. The van der Waals surface area contributed by atoms with Crippen molar-refractivity contribution in [3.63, 3.8) is 0 Å². The minimum Gasteiger partial charge on any atom is -0.371 e. The number of amides is 2. The number of anilines is 3. The van der Waals surface area contributed by atoms with E-state index in [1.54, 1.807) is 12.1 Å². The van der Waals surface area contributed by atoms with E-state index >= 15 is 0 Å². The maximum atomic E-state index is 13.4. The second kappa shape index (κ2) is 9.82. The van der Waals surface area contributed by atoms with Crippen LogP contribution in [-0.4, -0.2) is 51.3 Å². The molecule has 2 aromatic carbocycles. The minimum atomic E-state index is -3.86. The summed E-state index contributed by atoms with van der Waals surface area (Å²) < 4.78 is 28.5. The van der Waals surface area contributed by atoms with Gasteiger partial charge in [0.2, 0.25) is 5.91 Å². The second-order valence-electron chi connectivity index (χ2n) is 8.59. The molecule has 2 amide bonds. The zero-order valence-corrected chi connectivity index (χ0v) is 19.7. The number of hydrogen-bond donors (Lipinski definition) is 2. The first-order chi connectivity index (χ1) is 15.8. The molecule has 2 fully saturated rings. The van der Waals surface area contributed by atoms with E-state index < -0.39 is 10.0 Å². The predicted octanol–water partition coefficient (Wildman–Crippen LogP) is 3.67. The van der Waals surface area contributed by atoms with Gasteiger partial charge in [0.1, 0.15) is 0 Å². The van der Waals surface area contributed by atoms with Crippen LogP contribution in [0.2, 0.25) is 0 Å². The van der Waals surface area contributed by atoms with Crippen LogP contribution in [0.5, 0.6) is 0 Å². The van der Waals surface area contributed by atoms with Crippen molar-refractivity contribution >= 4 is 38.9 Å². The summed E-state index contributed by atoms with van der Waals surface area (Å²) in [7, 11) is -3.86. The summed E-state index contributed by atoms with van der Waals surface area (Å²) in [4.78, 5) is 28.7. The molecular weight excluding hydrogens is 440 g/mol.